The van der Waals surface area contributed by atoms with Crippen molar-refractivity contribution in [2.24, 2.45) is 23.1 Å². The molecule has 0 bridgehead atoms. The lowest BCUT2D eigenvalue weighted by Gasteiger charge is -2.36. The minimum Gasteiger partial charge on any atom is -0.394 e. The van der Waals surface area contributed by atoms with E-state index in [4.69, 9.17) is 22.6 Å². The third-order valence-electron chi connectivity index (χ3n) is 23.7. The fraction of sp³-hybridized carbons (Fsp3) is 0.522. The number of imidazole rings is 1. The summed E-state index contributed by atoms with van der Waals surface area (Å²) in [6, 6.07) is 1.41. The molecule has 2 aliphatic heterocycles. The highest BCUT2D eigenvalue weighted by Crippen LogP contribution is 2.26. The maximum Gasteiger partial charge on any atom is 0.246 e. The first kappa shape index (κ1) is 105. The Bertz CT molecular complexity index is 5090. The number of aromatic nitrogens is 4. The Balaban J connectivity index is 1.19. The summed E-state index contributed by atoms with van der Waals surface area (Å²) < 4.78 is 0. The molecule has 3 aromatic carbocycles. The van der Waals surface area contributed by atoms with Crippen LogP contribution in [0.4, 0.5) is 0 Å². The number of amides is 17. The highest BCUT2D eigenvalue weighted by molar-refractivity contribution is 8.00. The Morgan fingerprint density at radius 3 is 1.59 bits per heavy atom. The van der Waals surface area contributed by atoms with Gasteiger partial charge < -0.3 is 120 Å². The van der Waals surface area contributed by atoms with Crippen LogP contribution < -0.4 is 75.7 Å². The zero-order chi connectivity index (χ0) is 97.4. The molecular weight excluding hydrogens is 1740 g/mol. The molecule has 43 heteroatoms. The van der Waals surface area contributed by atoms with Gasteiger partial charge in [0.1, 0.15) is 84.6 Å². The topological polar surface area (TPSA) is 621 Å². The van der Waals surface area contributed by atoms with Gasteiger partial charge >= 0.3 is 0 Å². The molecule has 8 rings (SSSR count). The molecule has 2 aliphatic rings. The second-order valence-corrected chi connectivity index (χ2v) is 35.1. The van der Waals surface area contributed by atoms with E-state index in [2.05, 4.69) is 78.4 Å². The Labute approximate surface area is 775 Å². The Kier molecular flexibility index (Phi) is 40.1. The zero-order valence-corrected chi connectivity index (χ0v) is 77.6. The number of fused-ring (bicyclic) bond motifs is 3. The number of nitrogens with zero attached hydrogens (tertiary/aromatic N) is 6. The zero-order valence-electron chi connectivity index (χ0n) is 76.7. The number of hydrogen-bond donors (Lipinski definition) is 19. The van der Waals surface area contributed by atoms with Gasteiger partial charge in [0.25, 0.3) is 0 Å². The van der Waals surface area contributed by atoms with E-state index in [0.29, 0.717) is 69.9 Å². The van der Waals surface area contributed by atoms with Crippen molar-refractivity contribution in [3.63, 3.8) is 0 Å². The summed E-state index contributed by atoms with van der Waals surface area (Å²) in [4.78, 5) is 268. The van der Waals surface area contributed by atoms with Crippen LogP contribution in [-0.2, 0) is 107 Å². The van der Waals surface area contributed by atoms with Gasteiger partial charge in [-0.3, -0.25) is 86.9 Å². The molecule has 42 nitrogen and oxygen atoms in total. The molecule has 5 heterocycles. The number of benzene rings is 3. The van der Waals surface area contributed by atoms with Crippen molar-refractivity contribution in [1.29, 1.82) is 5.41 Å². The number of guanidine groups is 1. The molecule has 22 N–H and O–H groups in total. The van der Waals surface area contributed by atoms with E-state index in [1.165, 1.54) is 54.6 Å². The minimum absolute atomic E-state index is 0.000847. The molecule has 0 radical (unpaired) electrons. The number of unbranched alkanes of at least 4 members (excludes halogenated alkanes) is 2. The molecule has 6 aromatic rings. The average Bonchev–Trinajstić information content (AvgIpc) is 1.78. The summed E-state index contributed by atoms with van der Waals surface area (Å²) >= 11 is 0.795. The van der Waals surface area contributed by atoms with Gasteiger partial charge in [0.05, 0.1) is 31.7 Å². The van der Waals surface area contributed by atoms with Gasteiger partial charge in [0.2, 0.25) is 100 Å². The summed E-state index contributed by atoms with van der Waals surface area (Å²) in [5.74, 6) is -17.1. The highest BCUT2D eigenvalue weighted by Gasteiger charge is 2.44. The second-order valence-electron chi connectivity index (χ2n) is 34.0. The molecule has 133 heavy (non-hydrogen) atoms. The molecular formula is C90H128N24O18S. The van der Waals surface area contributed by atoms with Crippen molar-refractivity contribution in [1.82, 2.24) is 103 Å². The van der Waals surface area contributed by atoms with Crippen LogP contribution in [-0.4, -0.2) is 306 Å². The van der Waals surface area contributed by atoms with Crippen LogP contribution in [0, 0.1) is 11.3 Å². The van der Waals surface area contributed by atoms with Gasteiger partial charge in [0, 0.05) is 119 Å². The number of rotatable bonds is 26. The Morgan fingerprint density at radius 1 is 0.519 bits per heavy atom. The van der Waals surface area contributed by atoms with Gasteiger partial charge in [0.15, 0.2) is 5.96 Å². The van der Waals surface area contributed by atoms with Gasteiger partial charge in [-0.05, 0) is 93.5 Å². The Hall–Kier alpha value is -13.5. The van der Waals surface area contributed by atoms with Crippen molar-refractivity contribution >= 4 is 140 Å². The van der Waals surface area contributed by atoms with Crippen LogP contribution >= 0.6 is 11.8 Å². The monoisotopic (exact) mass is 1860 g/mol. The lowest BCUT2D eigenvalue weighted by molar-refractivity contribution is -0.149. The normalized spacial score (nSPS) is 24.0. The number of carbonyl (C=O) groups excluding carboxylic acids is 17. The first-order valence-electron chi connectivity index (χ1n) is 44.7. The molecule has 14 unspecified atom stereocenters. The number of nitrogens with one attached hydrogen (secondary N) is 15. The van der Waals surface area contributed by atoms with Gasteiger partial charge in [-0.2, -0.15) is 0 Å². The fourth-order valence-electron chi connectivity index (χ4n) is 15.9. The molecule has 722 valence electrons. The van der Waals surface area contributed by atoms with E-state index < -0.39 is 222 Å². The van der Waals surface area contributed by atoms with E-state index in [1.54, 1.807) is 105 Å². The Morgan fingerprint density at radius 2 is 1.02 bits per heavy atom. The number of thioether (sulfide) groups is 1. The largest absolute Gasteiger partial charge is 0.394 e. The number of H-pyrrole nitrogens is 3. The first-order chi connectivity index (χ1) is 63.3. The predicted molar refractivity (Wildman–Crippen MR) is 494 cm³/mol. The fourth-order valence-corrected chi connectivity index (χ4v) is 16.8. The number of para-hydroxylation sites is 2. The van der Waals surface area contributed by atoms with E-state index in [9.17, 15) is 57.8 Å². The van der Waals surface area contributed by atoms with Gasteiger partial charge in [-0.1, -0.05) is 120 Å². The summed E-state index contributed by atoms with van der Waals surface area (Å²) in [5, 5.41) is 49.6. The summed E-state index contributed by atoms with van der Waals surface area (Å²) in [5.41, 5.74) is 20.0. The molecule has 0 saturated carbocycles. The second kappa shape index (κ2) is 50.8. The summed E-state index contributed by atoms with van der Waals surface area (Å²) in [6.45, 7) is 8.04. The van der Waals surface area contributed by atoms with E-state index in [0.717, 1.165) is 36.3 Å². The van der Waals surface area contributed by atoms with E-state index in [1.807, 2.05) is 13.8 Å². The standard InChI is InChI=1S/C90H128N24O18S/c1-11-13-31-70-83(126)102-61(30-22-34-96-90(93)94)79(122)109-69(78(121)99-45-74(92)117)47-133-48-75(118)101-65(37-53-24-16-15-17-25-53)86(129)111(8)52(6)77(120)105-67(41-73(91)116)88(131)114-35-23-33-71(114)84(127)104-63(40-56-44-95-49-100-56)81(124)106-64(36-50(3)4)85(128)110(7)51(5)76(119)103-62(38-54-42-97-59-28-20-18-26-57(54)59)80(123)108-68(46-115)82(125)107-66(39-55-43-98-60-29-21-19-27-58(55)60)87(130)113(10)72(32-14-12-2)89(132)112(70)9/h15-21,24-29,42-44,49-52,61-72,97-98,115H,11-14,22-23,30-41,45-48H2,1-10H3,(H2,91,116)(H2,92,117)(H,95,100)(H,99,121)(H,101,118)(H,102,126)(H,103,119)(H,104,127)(H,105,120)(H,106,124)(H,107,125)(H,108,123)(H,109,122)(H4,93,94,96). The van der Waals surface area contributed by atoms with Crippen LogP contribution in [0.15, 0.2) is 104 Å². The van der Waals surface area contributed by atoms with E-state index in [-0.39, 0.29) is 89.6 Å². The minimum atomic E-state index is -1.86. The van der Waals surface area contributed by atoms with Crippen molar-refractivity contribution in [2.45, 2.75) is 229 Å². The van der Waals surface area contributed by atoms with Crippen LogP contribution in [0.5, 0.6) is 0 Å². The number of aliphatic hydroxyl groups is 1. The molecule has 3 aromatic heterocycles. The van der Waals surface area contributed by atoms with Crippen molar-refractivity contribution < 1.29 is 86.6 Å². The number of carbonyl (C=O) groups is 17. The predicted octanol–water partition coefficient (Wildman–Crippen LogP) is -1.75. The van der Waals surface area contributed by atoms with Crippen LogP contribution in [0.2, 0.25) is 0 Å². The van der Waals surface area contributed by atoms with Crippen LogP contribution in [0.3, 0.4) is 0 Å². The molecule has 0 aliphatic carbocycles. The quantitative estimate of drug-likeness (QED) is 0.0163. The van der Waals surface area contributed by atoms with Gasteiger partial charge in [-0.15, -0.1) is 11.8 Å². The number of primary amides is 2. The number of nitrogens with two attached hydrogens (primary N) is 3. The molecule has 17 amide bonds. The lowest BCUT2D eigenvalue weighted by Crippen LogP contribution is -2.62. The van der Waals surface area contributed by atoms with Crippen molar-refractivity contribution in [2.75, 3.05) is 65.9 Å². The molecule has 0 spiro atoms. The van der Waals surface area contributed by atoms with Crippen molar-refractivity contribution in [3.05, 3.63) is 126 Å². The number of aliphatic hydroxyl groups excluding tert-OH is 1. The SMILES string of the molecule is CCCCC1C(=O)N(C)C(CCCC)C(=O)NC(CCCNC(=N)N)C(=O)NC(C(=O)NCC(N)=O)CSCC(=O)NC(Cc2ccccc2)C(=O)N(C)C(C)C(=O)NC(CC(N)=O)C(=O)N2CCCC2C(=O)NC(Cc2cnc[nH]2)C(=O)NC(CC(C)C)C(=O)N(C)C(C)C(=O)NC(Cc2c[nH]c3ccccc23)C(=O)NC(CO)C(=O)NC(Cc2c[nH]c3ccccc23)C(=O)N1C. The third kappa shape index (κ3) is 30.0. The summed E-state index contributed by atoms with van der Waals surface area (Å²) in [6.07, 6.45) is 5.98. The lowest BCUT2D eigenvalue weighted by atomic mass is 10.00. The summed E-state index contributed by atoms with van der Waals surface area (Å²) in [7, 11) is 5.27. The van der Waals surface area contributed by atoms with Gasteiger partial charge in [-0.25, -0.2) is 4.98 Å². The number of likely N-dealkylation sites (N-methyl/N-ethyl adjacent to an activating group) is 4. The highest BCUT2D eigenvalue weighted by atomic mass is 32.2. The maximum atomic E-state index is 15.7. The average molecular weight is 1870 g/mol. The third-order valence-corrected chi connectivity index (χ3v) is 24.7. The van der Waals surface area contributed by atoms with Crippen LogP contribution in [0.25, 0.3) is 21.8 Å². The first-order valence-corrected chi connectivity index (χ1v) is 45.8. The van der Waals surface area contributed by atoms with Crippen molar-refractivity contribution in [3.8, 4) is 0 Å². The molecule has 2 saturated heterocycles. The molecule has 2 fully saturated rings. The molecule has 14 atom stereocenters. The number of hydrogen-bond acceptors (Lipinski definition) is 21. The van der Waals surface area contributed by atoms with Crippen LogP contribution in [0.1, 0.15) is 141 Å². The number of aromatic amines is 3. The smallest absolute Gasteiger partial charge is 0.246 e. The maximum absolute atomic E-state index is 15.7. The van der Waals surface area contributed by atoms with E-state index >= 15 is 28.8 Å².